The molecule has 3 rings (SSSR count). The van der Waals surface area contributed by atoms with Gasteiger partial charge < -0.3 is 20.1 Å². The largest absolute Gasteiger partial charge is 0.486 e. The lowest BCUT2D eigenvalue weighted by molar-refractivity contribution is -0.129. The SMILES string of the molecule is NCC1CCN(C(=O)CCS(=O)(=O)c2ccc3c(c2)OCCO3)C1. The number of fused-ring (bicyclic) bond motifs is 1. The fraction of sp³-hybridized carbons (Fsp3) is 0.562. The number of nitrogens with two attached hydrogens (primary N) is 1. The monoisotopic (exact) mass is 354 g/mol. The lowest BCUT2D eigenvalue weighted by Gasteiger charge is -2.19. The molecular weight excluding hydrogens is 332 g/mol. The molecule has 0 radical (unpaired) electrons. The van der Waals surface area contributed by atoms with Crippen molar-refractivity contribution in [2.75, 3.05) is 38.6 Å². The number of carbonyl (C=O) groups is 1. The normalized spacial score (nSPS) is 20.2. The molecule has 1 amide bonds. The first-order valence-electron chi connectivity index (χ1n) is 8.10. The Balaban J connectivity index is 1.63. The van der Waals surface area contributed by atoms with Crippen molar-refractivity contribution in [3.63, 3.8) is 0 Å². The van der Waals surface area contributed by atoms with Crippen molar-refractivity contribution in [3.8, 4) is 11.5 Å². The van der Waals surface area contributed by atoms with E-state index in [-0.39, 0.29) is 23.0 Å². The third kappa shape index (κ3) is 3.64. The van der Waals surface area contributed by atoms with Gasteiger partial charge in [-0.05, 0) is 31.0 Å². The van der Waals surface area contributed by atoms with Crippen molar-refractivity contribution in [2.24, 2.45) is 11.7 Å². The van der Waals surface area contributed by atoms with Crippen LogP contribution in [0.3, 0.4) is 0 Å². The maximum Gasteiger partial charge on any atom is 0.223 e. The molecule has 1 saturated heterocycles. The van der Waals surface area contributed by atoms with Crippen molar-refractivity contribution in [1.82, 2.24) is 4.90 Å². The summed E-state index contributed by atoms with van der Waals surface area (Å²) in [7, 11) is -3.55. The van der Waals surface area contributed by atoms with Crippen LogP contribution in [0.25, 0.3) is 0 Å². The highest BCUT2D eigenvalue weighted by Gasteiger charge is 2.27. The van der Waals surface area contributed by atoms with Crippen molar-refractivity contribution >= 4 is 15.7 Å². The highest BCUT2D eigenvalue weighted by atomic mass is 32.2. The van der Waals surface area contributed by atoms with Crippen molar-refractivity contribution in [3.05, 3.63) is 18.2 Å². The van der Waals surface area contributed by atoms with Crippen LogP contribution in [-0.2, 0) is 14.6 Å². The average molecular weight is 354 g/mol. The zero-order valence-electron chi connectivity index (χ0n) is 13.4. The number of rotatable bonds is 5. The first-order valence-corrected chi connectivity index (χ1v) is 9.75. The number of ether oxygens (including phenoxy) is 2. The standard InChI is InChI=1S/C16H22N2O5S/c17-10-12-3-5-18(11-12)16(19)4-8-24(20,21)13-1-2-14-15(9-13)23-7-6-22-14/h1-2,9,12H,3-8,10-11,17H2. The van der Waals surface area contributed by atoms with E-state index >= 15 is 0 Å². The molecule has 0 aliphatic carbocycles. The van der Waals surface area contributed by atoms with Crippen LogP contribution < -0.4 is 15.2 Å². The third-order valence-corrected chi connectivity index (χ3v) is 6.14. The molecule has 1 unspecified atom stereocenters. The second-order valence-corrected chi connectivity index (χ2v) is 8.21. The molecule has 0 aromatic heterocycles. The van der Waals surface area contributed by atoms with E-state index in [1.54, 1.807) is 11.0 Å². The molecule has 2 N–H and O–H groups in total. The minimum atomic E-state index is -3.55. The zero-order chi connectivity index (χ0) is 17.2. The van der Waals surface area contributed by atoms with Gasteiger partial charge in [-0.15, -0.1) is 0 Å². The number of amides is 1. The molecule has 0 saturated carbocycles. The summed E-state index contributed by atoms with van der Waals surface area (Å²) in [5.41, 5.74) is 5.62. The highest BCUT2D eigenvalue weighted by molar-refractivity contribution is 7.91. The van der Waals surface area contributed by atoms with Crippen LogP contribution in [0.4, 0.5) is 0 Å². The summed E-state index contributed by atoms with van der Waals surface area (Å²) in [6, 6.07) is 4.55. The van der Waals surface area contributed by atoms with Gasteiger partial charge >= 0.3 is 0 Å². The van der Waals surface area contributed by atoms with Crippen LogP contribution >= 0.6 is 0 Å². The predicted octanol–water partition coefficient (Wildman–Crippen LogP) is 0.429. The van der Waals surface area contributed by atoms with E-state index in [1.807, 2.05) is 0 Å². The second kappa shape index (κ2) is 6.98. The molecule has 2 aliphatic rings. The van der Waals surface area contributed by atoms with Gasteiger partial charge in [0.05, 0.1) is 10.6 Å². The first-order chi connectivity index (χ1) is 11.5. The van der Waals surface area contributed by atoms with Gasteiger partial charge in [-0.25, -0.2) is 8.42 Å². The Morgan fingerprint density at radius 2 is 2.00 bits per heavy atom. The van der Waals surface area contributed by atoms with E-state index in [0.29, 0.717) is 50.3 Å². The Labute approximate surface area is 141 Å². The first kappa shape index (κ1) is 17.0. The van der Waals surface area contributed by atoms with Crippen LogP contribution in [0.2, 0.25) is 0 Å². The van der Waals surface area contributed by atoms with Gasteiger partial charge in [-0.3, -0.25) is 4.79 Å². The van der Waals surface area contributed by atoms with Gasteiger partial charge in [0.15, 0.2) is 21.3 Å². The molecule has 132 valence electrons. The van der Waals surface area contributed by atoms with Crippen LogP contribution in [0.1, 0.15) is 12.8 Å². The molecule has 2 heterocycles. The van der Waals surface area contributed by atoms with E-state index in [9.17, 15) is 13.2 Å². The smallest absolute Gasteiger partial charge is 0.223 e. The Kier molecular flexibility index (Phi) is 4.96. The van der Waals surface area contributed by atoms with Crippen LogP contribution in [0, 0.1) is 5.92 Å². The number of carbonyl (C=O) groups excluding carboxylic acids is 1. The van der Waals surface area contributed by atoms with E-state index in [0.717, 1.165) is 6.42 Å². The fourth-order valence-corrected chi connectivity index (χ4v) is 4.21. The zero-order valence-corrected chi connectivity index (χ0v) is 14.3. The van der Waals surface area contributed by atoms with Crippen molar-refractivity contribution in [2.45, 2.75) is 17.7 Å². The number of nitrogens with zero attached hydrogens (tertiary/aromatic N) is 1. The minimum absolute atomic E-state index is 0.0198. The van der Waals surface area contributed by atoms with Crippen LogP contribution in [-0.4, -0.2) is 57.8 Å². The molecule has 1 aromatic carbocycles. The van der Waals surface area contributed by atoms with Gasteiger partial charge in [-0.2, -0.15) is 0 Å². The molecule has 24 heavy (non-hydrogen) atoms. The highest BCUT2D eigenvalue weighted by Crippen LogP contribution is 2.32. The number of hydrogen-bond donors (Lipinski definition) is 1. The Hall–Kier alpha value is -1.80. The lowest BCUT2D eigenvalue weighted by Crippen LogP contribution is -2.31. The van der Waals surface area contributed by atoms with Gasteiger partial charge in [0.1, 0.15) is 13.2 Å². The molecule has 7 nitrogen and oxygen atoms in total. The van der Waals surface area contributed by atoms with E-state index in [2.05, 4.69) is 0 Å². The molecule has 1 aromatic rings. The summed E-state index contributed by atoms with van der Waals surface area (Å²) in [6.45, 7) is 2.68. The van der Waals surface area contributed by atoms with Crippen LogP contribution in [0.5, 0.6) is 11.5 Å². The number of sulfone groups is 1. The maximum absolute atomic E-state index is 12.5. The van der Waals surface area contributed by atoms with Crippen molar-refractivity contribution in [1.29, 1.82) is 0 Å². The molecule has 1 fully saturated rings. The molecular formula is C16H22N2O5S. The summed E-state index contributed by atoms with van der Waals surface area (Å²) >= 11 is 0. The fourth-order valence-electron chi connectivity index (χ4n) is 2.97. The molecule has 0 spiro atoms. The van der Waals surface area contributed by atoms with E-state index in [4.69, 9.17) is 15.2 Å². The Morgan fingerprint density at radius 1 is 1.25 bits per heavy atom. The van der Waals surface area contributed by atoms with Crippen molar-refractivity contribution < 1.29 is 22.7 Å². The molecule has 8 heteroatoms. The van der Waals surface area contributed by atoms with E-state index in [1.165, 1.54) is 12.1 Å². The summed E-state index contributed by atoms with van der Waals surface area (Å²) in [5, 5.41) is 0. The Morgan fingerprint density at radius 3 is 2.71 bits per heavy atom. The third-order valence-electron chi connectivity index (χ3n) is 4.43. The van der Waals surface area contributed by atoms with Gasteiger partial charge in [0, 0.05) is 25.6 Å². The molecule has 0 bridgehead atoms. The maximum atomic E-state index is 12.5. The Bertz CT molecular complexity index is 719. The number of benzene rings is 1. The number of likely N-dealkylation sites (tertiary alicyclic amines) is 1. The minimum Gasteiger partial charge on any atom is -0.486 e. The summed E-state index contributed by atoms with van der Waals surface area (Å²) in [5.74, 6) is 0.950. The summed E-state index contributed by atoms with van der Waals surface area (Å²) in [4.78, 5) is 14.1. The molecule has 1 atom stereocenters. The van der Waals surface area contributed by atoms with Crippen LogP contribution in [0.15, 0.2) is 23.1 Å². The quantitative estimate of drug-likeness (QED) is 0.823. The second-order valence-electron chi connectivity index (χ2n) is 6.10. The van der Waals surface area contributed by atoms with Gasteiger partial charge in [-0.1, -0.05) is 0 Å². The summed E-state index contributed by atoms with van der Waals surface area (Å²) < 4.78 is 35.7. The predicted molar refractivity (Wildman–Crippen MR) is 87.8 cm³/mol. The molecule has 2 aliphatic heterocycles. The number of hydrogen-bond acceptors (Lipinski definition) is 6. The summed E-state index contributed by atoms with van der Waals surface area (Å²) in [6.07, 6.45) is 0.866. The van der Waals surface area contributed by atoms with Gasteiger partial charge in [0.25, 0.3) is 0 Å². The van der Waals surface area contributed by atoms with E-state index < -0.39 is 9.84 Å². The lowest BCUT2D eigenvalue weighted by atomic mass is 10.1. The topological polar surface area (TPSA) is 98.9 Å². The van der Waals surface area contributed by atoms with Gasteiger partial charge in [0.2, 0.25) is 5.91 Å². The average Bonchev–Trinajstić information content (AvgIpc) is 3.08.